The van der Waals surface area contributed by atoms with Gasteiger partial charge in [-0.05, 0) is 69.1 Å². The smallest absolute Gasteiger partial charge is 0.0913 e. The topological polar surface area (TPSA) is 41.2 Å². The zero-order valence-electron chi connectivity index (χ0n) is 14.9. The third-order valence-electron chi connectivity index (χ3n) is 5.76. The summed E-state index contributed by atoms with van der Waals surface area (Å²) in [6, 6.07) is 4.13. The minimum absolute atomic E-state index is 0.377. The molecule has 1 aliphatic carbocycles. The van der Waals surface area contributed by atoms with E-state index in [1.165, 1.54) is 48.8 Å². The van der Waals surface area contributed by atoms with Crippen molar-refractivity contribution in [3.05, 3.63) is 30.1 Å². The van der Waals surface area contributed by atoms with Crippen LogP contribution in [0.2, 0.25) is 0 Å². The summed E-state index contributed by atoms with van der Waals surface area (Å²) in [4.78, 5) is 10.6. The predicted molar refractivity (Wildman–Crippen MR) is 97.2 cm³/mol. The summed E-state index contributed by atoms with van der Waals surface area (Å²) in [5, 5.41) is 0. The second-order valence-corrected chi connectivity index (χ2v) is 7.84. The standard InChI is InChI=1S/C20H29N3O/c1-14-11-23(12-15(2)24-14)13-16-5-7-17(8-6-16)18-10-22-19-4-3-9-21-20(18)19/h3-4,9-10,14-17,22H,5-8,11-13H2,1-2H3/t14-,15+,16-,17-. The Hall–Kier alpha value is -1.39. The fourth-order valence-corrected chi connectivity index (χ4v) is 4.74. The van der Waals surface area contributed by atoms with Gasteiger partial charge in [-0.1, -0.05) is 0 Å². The molecule has 0 bridgehead atoms. The first-order valence-corrected chi connectivity index (χ1v) is 9.49. The third kappa shape index (κ3) is 3.35. The van der Waals surface area contributed by atoms with E-state index in [4.69, 9.17) is 4.74 Å². The van der Waals surface area contributed by atoms with Gasteiger partial charge >= 0.3 is 0 Å². The number of rotatable bonds is 3. The van der Waals surface area contributed by atoms with Crippen LogP contribution in [0.1, 0.15) is 51.0 Å². The number of aromatic amines is 1. The summed E-state index contributed by atoms with van der Waals surface area (Å²) in [5.41, 5.74) is 3.78. The number of aromatic nitrogens is 2. The van der Waals surface area contributed by atoms with E-state index >= 15 is 0 Å². The molecule has 1 saturated heterocycles. The van der Waals surface area contributed by atoms with E-state index < -0.39 is 0 Å². The van der Waals surface area contributed by atoms with Gasteiger partial charge in [0.15, 0.2) is 0 Å². The van der Waals surface area contributed by atoms with E-state index in [1.807, 2.05) is 12.3 Å². The molecule has 0 spiro atoms. The quantitative estimate of drug-likeness (QED) is 0.928. The monoisotopic (exact) mass is 327 g/mol. The molecule has 1 aliphatic heterocycles. The van der Waals surface area contributed by atoms with Crippen molar-refractivity contribution in [3.63, 3.8) is 0 Å². The Balaban J connectivity index is 1.35. The lowest BCUT2D eigenvalue weighted by Crippen LogP contribution is -2.47. The van der Waals surface area contributed by atoms with Gasteiger partial charge in [-0.15, -0.1) is 0 Å². The van der Waals surface area contributed by atoms with Gasteiger partial charge in [0.2, 0.25) is 0 Å². The SMILES string of the molecule is C[C@@H]1CN(C[C@H]2CC[C@H](c3c[nH]c4cccnc43)CC2)C[C@H](C)O1. The number of nitrogens with zero attached hydrogens (tertiary/aromatic N) is 2. The molecule has 1 saturated carbocycles. The van der Waals surface area contributed by atoms with Crippen molar-refractivity contribution >= 4 is 11.0 Å². The molecule has 2 aromatic heterocycles. The van der Waals surface area contributed by atoms with Crippen LogP contribution in [-0.4, -0.2) is 46.7 Å². The highest BCUT2D eigenvalue weighted by atomic mass is 16.5. The number of ether oxygens (including phenoxy) is 1. The zero-order chi connectivity index (χ0) is 16.5. The van der Waals surface area contributed by atoms with E-state index in [0.29, 0.717) is 18.1 Å². The fourth-order valence-electron chi connectivity index (χ4n) is 4.74. The number of hydrogen-bond acceptors (Lipinski definition) is 3. The molecule has 2 aliphatic rings. The first-order valence-electron chi connectivity index (χ1n) is 9.49. The lowest BCUT2D eigenvalue weighted by molar-refractivity contribution is -0.0725. The molecule has 2 fully saturated rings. The Bertz CT molecular complexity index is 664. The zero-order valence-corrected chi connectivity index (χ0v) is 14.9. The van der Waals surface area contributed by atoms with Crippen LogP contribution in [0, 0.1) is 5.92 Å². The first-order chi connectivity index (χ1) is 11.7. The summed E-state index contributed by atoms with van der Waals surface area (Å²) in [6.07, 6.45) is 10.1. The number of fused-ring (bicyclic) bond motifs is 1. The molecule has 24 heavy (non-hydrogen) atoms. The van der Waals surface area contributed by atoms with Crippen LogP contribution < -0.4 is 0 Å². The van der Waals surface area contributed by atoms with Crippen molar-refractivity contribution in [1.29, 1.82) is 0 Å². The van der Waals surface area contributed by atoms with Crippen molar-refractivity contribution in [2.75, 3.05) is 19.6 Å². The first kappa shape index (κ1) is 16.1. The number of H-pyrrole nitrogens is 1. The Morgan fingerprint density at radius 1 is 1.17 bits per heavy atom. The van der Waals surface area contributed by atoms with Crippen LogP contribution in [0.4, 0.5) is 0 Å². The van der Waals surface area contributed by atoms with Crippen LogP contribution >= 0.6 is 0 Å². The van der Waals surface area contributed by atoms with Crippen molar-refractivity contribution in [3.8, 4) is 0 Å². The Morgan fingerprint density at radius 3 is 2.67 bits per heavy atom. The largest absolute Gasteiger partial charge is 0.373 e. The van der Waals surface area contributed by atoms with E-state index in [1.54, 1.807) is 0 Å². The van der Waals surface area contributed by atoms with Gasteiger partial charge in [0.05, 0.1) is 23.2 Å². The fraction of sp³-hybridized carbons (Fsp3) is 0.650. The molecule has 0 radical (unpaired) electrons. The second kappa shape index (κ2) is 6.85. The average molecular weight is 327 g/mol. The summed E-state index contributed by atoms with van der Waals surface area (Å²) >= 11 is 0. The molecule has 2 atom stereocenters. The van der Waals surface area contributed by atoms with Crippen LogP contribution in [0.5, 0.6) is 0 Å². The van der Waals surface area contributed by atoms with Gasteiger partial charge in [0, 0.05) is 32.0 Å². The van der Waals surface area contributed by atoms with E-state index in [-0.39, 0.29) is 0 Å². The van der Waals surface area contributed by atoms with Gasteiger partial charge in [0.1, 0.15) is 0 Å². The predicted octanol–water partition coefficient (Wildman–Crippen LogP) is 3.95. The van der Waals surface area contributed by atoms with Crippen molar-refractivity contribution < 1.29 is 4.74 Å². The lowest BCUT2D eigenvalue weighted by Gasteiger charge is -2.38. The van der Waals surface area contributed by atoms with Crippen LogP contribution in [0.3, 0.4) is 0 Å². The lowest BCUT2D eigenvalue weighted by atomic mass is 9.79. The van der Waals surface area contributed by atoms with Gasteiger partial charge in [0.25, 0.3) is 0 Å². The molecule has 3 heterocycles. The summed E-state index contributed by atoms with van der Waals surface area (Å²) in [5.74, 6) is 1.52. The maximum absolute atomic E-state index is 5.86. The van der Waals surface area contributed by atoms with Gasteiger partial charge in [-0.2, -0.15) is 0 Å². The molecule has 0 aromatic carbocycles. The van der Waals surface area contributed by atoms with Gasteiger partial charge in [-0.25, -0.2) is 0 Å². The Labute approximate surface area is 144 Å². The molecule has 2 aromatic rings. The van der Waals surface area contributed by atoms with Crippen molar-refractivity contribution in [2.24, 2.45) is 5.92 Å². The summed E-state index contributed by atoms with van der Waals surface area (Å²) in [7, 11) is 0. The Morgan fingerprint density at radius 2 is 1.92 bits per heavy atom. The van der Waals surface area contributed by atoms with Crippen molar-refractivity contribution in [2.45, 2.75) is 57.7 Å². The van der Waals surface area contributed by atoms with E-state index in [9.17, 15) is 0 Å². The average Bonchev–Trinajstić information content (AvgIpc) is 2.99. The van der Waals surface area contributed by atoms with Crippen molar-refractivity contribution in [1.82, 2.24) is 14.9 Å². The summed E-state index contributed by atoms with van der Waals surface area (Å²) < 4.78 is 5.86. The maximum Gasteiger partial charge on any atom is 0.0913 e. The van der Waals surface area contributed by atoms with E-state index in [0.717, 1.165) is 19.0 Å². The number of pyridine rings is 1. The van der Waals surface area contributed by atoms with Crippen LogP contribution in [-0.2, 0) is 4.74 Å². The maximum atomic E-state index is 5.86. The highest BCUT2D eigenvalue weighted by Crippen LogP contribution is 2.38. The molecule has 1 N–H and O–H groups in total. The molecule has 0 amide bonds. The third-order valence-corrected chi connectivity index (χ3v) is 5.76. The Kier molecular flexibility index (Phi) is 4.59. The van der Waals surface area contributed by atoms with Crippen LogP contribution in [0.25, 0.3) is 11.0 Å². The molecule has 0 unspecified atom stereocenters. The minimum Gasteiger partial charge on any atom is -0.373 e. The molecule has 4 rings (SSSR count). The van der Waals surface area contributed by atoms with Gasteiger partial charge in [-0.3, -0.25) is 9.88 Å². The molecule has 130 valence electrons. The van der Waals surface area contributed by atoms with Gasteiger partial charge < -0.3 is 9.72 Å². The number of hydrogen-bond donors (Lipinski definition) is 1. The highest BCUT2D eigenvalue weighted by molar-refractivity contribution is 5.79. The number of morpholine rings is 1. The molecular formula is C20H29N3O. The molecule has 4 nitrogen and oxygen atoms in total. The summed E-state index contributed by atoms with van der Waals surface area (Å²) in [6.45, 7) is 7.83. The highest BCUT2D eigenvalue weighted by Gasteiger charge is 2.28. The second-order valence-electron chi connectivity index (χ2n) is 7.84. The number of nitrogens with one attached hydrogen (secondary N) is 1. The molecular weight excluding hydrogens is 298 g/mol. The van der Waals surface area contributed by atoms with E-state index in [2.05, 4.69) is 41.0 Å². The molecule has 4 heteroatoms. The van der Waals surface area contributed by atoms with Crippen LogP contribution in [0.15, 0.2) is 24.5 Å². The minimum atomic E-state index is 0.377. The normalized spacial score (nSPS) is 32.2.